The van der Waals surface area contributed by atoms with Crippen molar-refractivity contribution in [2.24, 2.45) is 0 Å². The highest BCUT2D eigenvalue weighted by Crippen LogP contribution is 2.17. The average molecular weight is 294 g/mol. The highest BCUT2D eigenvalue weighted by atomic mass is 16.3. The molecule has 2 aromatic rings. The van der Waals surface area contributed by atoms with Crippen molar-refractivity contribution >= 4 is 0 Å². The third-order valence-corrected chi connectivity index (χ3v) is 3.96. The largest absolute Gasteiger partial charge is 0.387 e. The second kappa shape index (κ2) is 7.74. The summed E-state index contributed by atoms with van der Waals surface area (Å²) in [7, 11) is 0. The number of hydrogen-bond donors (Lipinski definition) is 1. The second-order valence-corrected chi connectivity index (χ2v) is 5.50. The van der Waals surface area contributed by atoms with E-state index < -0.39 is 6.10 Å². The topological polar surface area (TPSA) is 47.3 Å². The maximum Gasteiger partial charge on any atom is 0.0991 e. The maximum absolute atomic E-state index is 10.4. The van der Waals surface area contributed by atoms with Gasteiger partial charge in [-0.2, -0.15) is 5.26 Å². The molecule has 0 saturated heterocycles. The number of rotatable bonds is 6. The first-order valence-corrected chi connectivity index (χ1v) is 7.59. The Morgan fingerprint density at radius 3 is 2.41 bits per heavy atom. The first-order valence-electron chi connectivity index (χ1n) is 7.59. The fourth-order valence-electron chi connectivity index (χ4n) is 2.46. The van der Waals surface area contributed by atoms with Crippen LogP contribution >= 0.6 is 0 Å². The Bertz CT molecular complexity index is 643. The SMILES string of the molecule is CCN(Cc1ccccc1C)CC(O)c1ccc(C#N)cc1. The van der Waals surface area contributed by atoms with E-state index in [0.29, 0.717) is 12.1 Å². The molecule has 0 amide bonds. The summed E-state index contributed by atoms with van der Waals surface area (Å²) in [5.74, 6) is 0. The zero-order valence-electron chi connectivity index (χ0n) is 13.2. The van der Waals surface area contributed by atoms with E-state index in [1.165, 1.54) is 11.1 Å². The molecule has 0 aliphatic carbocycles. The van der Waals surface area contributed by atoms with E-state index in [0.717, 1.165) is 18.7 Å². The fourth-order valence-corrected chi connectivity index (χ4v) is 2.46. The molecule has 2 aromatic carbocycles. The van der Waals surface area contributed by atoms with Gasteiger partial charge >= 0.3 is 0 Å². The molecule has 0 bridgehead atoms. The van der Waals surface area contributed by atoms with Crippen LogP contribution in [0.1, 0.15) is 35.3 Å². The van der Waals surface area contributed by atoms with E-state index in [4.69, 9.17) is 5.26 Å². The van der Waals surface area contributed by atoms with Crippen molar-refractivity contribution in [3.05, 3.63) is 70.8 Å². The van der Waals surface area contributed by atoms with Gasteiger partial charge in [0.15, 0.2) is 0 Å². The van der Waals surface area contributed by atoms with E-state index in [2.05, 4.69) is 36.9 Å². The molecule has 2 rings (SSSR count). The number of likely N-dealkylation sites (N-methyl/N-ethyl adjacent to an activating group) is 1. The van der Waals surface area contributed by atoms with Gasteiger partial charge in [-0.05, 0) is 42.3 Å². The molecular weight excluding hydrogens is 272 g/mol. The lowest BCUT2D eigenvalue weighted by molar-refractivity contribution is 0.112. The third-order valence-electron chi connectivity index (χ3n) is 3.96. The summed E-state index contributed by atoms with van der Waals surface area (Å²) >= 11 is 0. The number of benzene rings is 2. The van der Waals surface area contributed by atoms with Crippen LogP contribution in [-0.2, 0) is 6.54 Å². The lowest BCUT2D eigenvalue weighted by Gasteiger charge is -2.24. The monoisotopic (exact) mass is 294 g/mol. The number of nitriles is 1. The van der Waals surface area contributed by atoms with Gasteiger partial charge in [-0.3, -0.25) is 4.90 Å². The summed E-state index contributed by atoms with van der Waals surface area (Å²) in [6, 6.07) is 17.6. The van der Waals surface area contributed by atoms with Gasteiger partial charge in [0.05, 0.1) is 17.7 Å². The molecule has 0 heterocycles. The molecule has 114 valence electrons. The maximum atomic E-state index is 10.4. The average Bonchev–Trinajstić information content (AvgIpc) is 2.56. The third kappa shape index (κ3) is 4.17. The van der Waals surface area contributed by atoms with Gasteiger partial charge in [-0.15, -0.1) is 0 Å². The molecule has 0 fully saturated rings. The standard InChI is InChI=1S/C19H22N2O/c1-3-21(13-18-7-5-4-6-15(18)2)14-19(22)17-10-8-16(12-20)9-11-17/h4-11,19,22H,3,13-14H2,1-2H3. The highest BCUT2D eigenvalue weighted by Gasteiger charge is 2.13. The fraction of sp³-hybridized carbons (Fsp3) is 0.316. The smallest absolute Gasteiger partial charge is 0.0991 e. The summed E-state index contributed by atoms with van der Waals surface area (Å²) in [5, 5.41) is 19.2. The lowest BCUT2D eigenvalue weighted by atomic mass is 10.1. The van der Waals surface area contributed by atoms with E-state index >= 15 is 0 Å². The van der Waals surface area contributed by atoms with Gasteiger partial charge in [-0.25, -0.2) is 0 Å². The summed E-state index contributed by atoms with van der Waals surface area (Å²) < 4.78 is 0. The van der Waals surface area contributed by atoms with Crippen LogP contribution in [-0.4, -0.2) is 23.1 Å². The Hall–Kier alpha value is -2.15. The van der Waals surface area contributed by atoms with Crippen LogP contribution in [0.15, 0.2) is 48.5 Å². The van der Waals surface area contributed by atoms with Crippen molar-refractivity contribution in [2.75, 3.05) is 13.1 Å². The van der Waals surface area contributed by atoms with Gasteiger partial charge in [0.1, 0.15) is 0 Å². The minimum Gasteiger partial charge on any atom is -0.387 e. The summed E-state index contributed by atoms with van der Waals surface area (Å²) in [6.45, 7) is 6.50. The molecule has 1 unspecified atom stereocenters. The van der Waals surface area contributed by atoms with E-state index in [1.54, 1.807) is 12.1 Å². The molecule has 0 radical (unpaired) electrons. The molecule has 3 heteroatoms. The molecule has 22 heavy (non-hydrogen) atoms. The van der Waals surface area contributed by atoms with Crippen molar-refractivity contribution in [2.45, 2.75) is 26.5 Å². The summed E-state index contributed by atoms with van der Waals surface area (Å²) in [6.07, 6.45) is -0.545. The Balaban J connectivity index is 2.03. The zero-order valence-corrected chi connectivity index (χ0v) is 13.2. The molecular formula is C19H22N2O. The molecule has 0 aliphatic rings. The Kier molecular flexibility index (Phi) is 5.71. The van der Waals surface area contributed by atoms with Crippen LogP contribution in [0.25, 0.3) is 0 Å². The highest BCUT2D eigenvalue weighted by molar-refractivity contribution is 5.32. The molecule has 1 atom stereocenters. The van der Waals surface area contributed by atoms with E-state index in [9.17, 15) is 5.11 Å². The minimum absolute atomic E-state index is 0.545. The van der Waals surface area contributed by atoms with Crippen molar-refractivity contribution in [3.63, 3.8) is 0 Å². The van der Waals surface area contributed by atoms with Crippen LogP contribution in [0, 0.1) is 18.3 Å². The van der Waals surface area contributed by atoms with Gasteiger partial charge < -0.3 is 5.11 Å². The predicted molar refractivity (Wildman–Crippen MR) is 88.2 cm³/mol. The van der Waals surface area contributed by atoms with Gasteiger partial charge in [-0.1, -0.05) is 43.3 Å². The van der Waals surface area contributed by atoms with Crippen LogP contribution in [0.4, 0.5) is 0 Å². The van der Waals surface area contributed by atoms with Crippen LogP contribution < -0.4 is 0 Å². The Morgan fingerprint density at radius 1 is 1.14 bits per heavy atom. The first kappa shape index (κ1) is 16.2. The normalized spacial score (nSPS) is 12.1. The number of aliphatic hydroxyl groups is 1. The molecule has 0 aromatic heterocycles. The van der Waals surface area contributed by atoms with E-state index in [-0.39, 0.29) is 0 Å². The number of aryl methyl sites for hydroxylation is 1. The molecule has 1 N–H and O–H groups in total. The van der Waals surface area contributed by atoms with Crippen molar-refractivity contribution in [3.8, 4) is 6.07 Å². The van der Waals surface area contributed by atoms with E-state index in [1.807, 2.05) is 24.3 Å². The van der Waals surface area contributed by atoms with Crippen LogP contribution in [0.5, 0.6) is 0 Å². The number of hydrogen-bond acceptors (Lipinski definition) is 3. The van der Waals surface area contributed by atoms with Gasteiger partial charge in [0.25, 0.3) is 0 Å². The van der Waals surface area contributed by atoms with Crippen molar-refractivity contribution in [1.82, 2.24) is 4.90 Å². The predicted octanol–water partition coefficient (Wildman–Crippen LogP) is 3.42. The number of nitrogens with zero attached hydrogens (tertiary/aromatic N) is 2. The van der Waals surface area contributed by atoms with Crippen molar-refractivity contribution < 1.29 is 5.11 Å². The quantitative estimate of drug-likeness (QED) is 0.888. The molecule has 3 nitrogen and oxygen atoms in total. The lowest BCUT2D eigenvalue weighted by Crippen LogP contribution is -2.28. The Labute approximate surface area is 132 Å². The summed E-state index contributed by atoms with van der Waals surface area (Å²) in [5.41, 5.74) is 4.02. The first-order chi connectivity index (χ1) is 10.6. The van der Waals surface area contributed by atoms with Crippen LogP contribution in [0.3, 0.4) is 0 Å². The number of aliphatic hydroxyl groups excluding tert-OH is 1. The van der Waals surface area contributed by atoms with Gasteiger partial charge in [0, 0.05) is 13.1 Å². The molecule has 0 saturated carbocycles. The summed E-state index contributed by atoms with van der Waals surface area (Å²) in [4.78, 5) is 2.23. The van der Waals surface area contributed by atoms with Gasteiger partial charge in [0.2, 0.25) is 0 Å². The minimum atomic E-state index is -0.545. The molecule has 0 aliphatic heterocycles. The zero-order chi connectivity index (χ0) is 15.9. The second-order valence-electron chi connectivity index (χ2n) is 5.50. The van der Waals surface area contributed by atoms with Crippen molar-refractivity contribution in [1.29, 1.82) is 5.26 Å². The van der Waals surface area contributed by atoms with Crippen LogP contribution in [0.2, 0.25) is 0 Å². The molecule has 0 spiro atoms. The Morgan fingerprint density at radius 2 is 1.82 bits per heavy atom.